The molecular formula is C7H12N2O2. The van der Waals surface area contributed by atoms with E-state index in [-0.39, 0.29) is 5.91 Å². The van der Waals surface area contributed by atoms with Gasteiger partial charge in [0.2, 0.25) is 12.3 Å². The van der Waals surface area contributed by atoms with E-state index >= 15 is 0 Å². The van der Waals surface area contributed by atoms with Crippen molar-refractivity contribution in [1.29, 1.82) is 0 Å². The Labute approximate surface area is 65.3 Å². The maximum atomic E-state index is 10.6. The van der Waals surface area contributed by atoms with Crippen LogP contribution in [0.5, 0.6) is 0 Å². The molecule has 4 nitrogen and oxygen atoms in total. The number of amides is 2. The van der Waals surface area contributed by atoms with Gasteiger partial charge in [-0.05, 0) is 6.42 Å². The molecule has 62 valence electrons. The highest BCUT2D eigenvalue weighted by Crippen LogP contribution is 2.21. The van der Waals surface area contributed by atoms with Crippen LogP contribution in [0.1, 0.15) is 26.2 Å². The zero-order valence-corrected chi connectivity index (χ0v) is 6.52. The molecule has 2 N–H and O–H groups in total. The van der Waals surface area contributed by atoms with Crippen LogP contribution in [-0.4, -0.2) is 18.0 Å². The summed E-state index contributed by atoms with van der Waals surface area (Å²) in [6, 6.07) is 0. The summed E-state index contributed by atoms with van der Waals surface area (Å²) in [4.78, 5) is 20.7. The van der Waals surface area contributed by atoms with Gasteiger partial charge in [-0.1, -0.05) is 13.3 Å². The van der Waals surface area contributed by atoms with Crippen LogP contribution in [0.3, 0.4) is 0 Å². The molecule has 1 saturated heterocycles. The first-order chi connectivity index (χ1) is 5.22. The smallest absolute Gasteiger partial charge is 0.226 e. The molecule has 11 heavy (non-hydrogen) atoms. The van der Waals surface area contributed by atoms with Crippen LogP contribution in [0.2, 0.25) is 0 Å². The van der Waals surface area contributed by atoms with Crippen LogP contribution in [0, 0.1) is 0 Å². The van der Waals surface area contributed by atoms with Crippen molar-refractivity contribution in [2.75, 3.05) is 0 Å². The quantitative estimate of drug-likeness (QED) is 0.435. The number of carbonyl (C=O) groups excluding carboxylic acids is 2. The summed E-state index contributed by atoms with van der Waals surface area (Å²) in [5, 5.41) is 5.29. The third-order valence-electron chi connectivity index (χ3n) is 1.85. The van der Waals surface area contributed by atoms with Crippen molar-refractivity contribution in [3.05, 3.63) is 0 Å². The van der Waals surface area contributed by atoms with Crippen LogP contribution < -0.4 is 10.6 Å². The first-order valence-corrected chi connectivity index (χ1v) is 3.75. The second-order valence-corrected chi connectivity index (χ2v) is 2.82. The summed E-state index contributed by atoms with van der Waals surface area (Å²) in [5.74, 6) is 0.00722. The minimum Gasteiger partial charge on any atom is -0.336 e. The summed E-state index contributed by atoms with van der Waals surface area (Å²) in [6.45, 7) is 2.01. The van der Waals surface area contributed by atoms with Crippen LogP contribution in [0.15, 0.2) is 0 Å². The van der Waals surface area contributed by atoms with E-state index in [9.17, 15) is 9.59 Å². The second kappa shape index (κ2) is 2.90. The topological polar surface area (TPSA) is 58.2 Å². The predicted molar refractivity (Wildman–Crippen MR) is 39.6 cm³/mol. The fraction of sp³-hybridized carbons (Fsp3) is 0.714. The minimum atomic E-state index is -0.423. The van der Waals surface area contributed by atoms with Gasteiger partial charge in [0.05, 0.1) is 6.42 Å². The second-order valence-electron chi connectivity index (χ2n) is 2.82. The van der Waals surface area contributed by atoms with E-state index in [1.807, 2.05) is 6.92 Å². The van der Waals surface area contributed by atoms with Gasteiger partial charge in [-0.3, -0.25) is 9.59 Å². The average Bonchev–Trinajstić information content (AvgIpc) is 1.86. The lowest BCUT2D eigenvalue weighted by atomic mass is 9.92. The van der Waals surface area contributed by atoms with Crippen molar-refractivity contribution >= 4 is 12.3 Å². The minimum absolute atomic E-state index is 0.00722. The molecule has 1 atom stereocenters. The van der Waals surface area contributed by atoms with Gasteiger partial charge in [-0.15, -0.1) is 0 Å². The molecule has 0 unspecified atom stereocenters. The highest BCUT2D eigenvalue weighted by Gasteiger charge is 2.41. The molecule has 0 saturated carbocycles. The van der Waals surface area contributed by atoms with Crippen molar-refractivity contribution in [2.45, 2.75) is 31.8 Å². The number of β-lactam (4-membered cyclic amide) rings is 1. The van der Waals surface area contributed by atoms with Crippen LogP contribution >= 0.6 is 0 Å². The fourth-order valence-corrected chi connectivity index (χ4v) is 1.37. The van der Waals surface area contributed by atoms with Crippen molar-refractivity contribution < 1.29 is 9.59 Å². The first kappa shape index (κ1) is 8.04. The highest BCUT2D eigenvalue weighted by molar-refractivity contribution is 5.85. The van der Waals surface area contributed by atoms with E-state index in [0.29, 0.717) is 12.8 Å². The van der Waals surface area contributed by atoms with Gasteiger partial charge in [-0.2, -0.15) is 0 Å². The van der Waals surface area contributed by atoms with Gasteiger partial charge in [0.15, 0.2) is 0 Å². The Balaban J connectivity index is 2.45. The summed E-state index contributed by atoms with van der Waals surface area (Å²) < 4.78 is 0. The maximum absolute atomic E-state index is 10.6. The molecule has 1 rings (SSSR count). The van der Waals surface area contributed by atoms with Crippen LogP contribution in [0.25, 0.3) is 0 Å². The normalized spacial score (nSPS) is 28.6. The predicted octanol–water partition coefficient (Wildman–Crippen LogP) is -0.251. The van der Waals surface area contributed by atoms with E-state index in [1.165, 1.54) is 0 Å². The molecular weight excluding hydrogens is 144 g/mol. The Bertz CT molecular complexity index is 166. The van der Waals surface area contributed by atoms with Gasteiger partial charge < -0.3 is 10.6 Å². The van der Waals surface area contributed by atoms with Gasteiger partial charge in [0, 0.05) is 0 Å². The SMILES string of the molecule is CCC[C@@]1(NC=O)CC(=O)N1. The molecule has 0 radical (unpaired) electrons. The highest BCUT2D eigenvalue weighted by atomic mass is 16.2. The lowest BCUT2D eigenvalue weighted by molar-refractivity contribution is -0.135. The van der Waals surface area contributed by atoms with Crippen LogP contribution in [0.4, 0.5) is 0 Å². The number of hydrogen-bond acceptors (Lipinski definition) is 2. The number of nitrogens with one attached hydrogen (secondary N) is 2. The Morgan fingerprint density at radius 1 is 1.82 bits per heavy atom. The summed E-state index contributed by atoms with van der Waals surface area (Å²) >= 11 is 0. The zero-order chi connectivity index (χ0) is 8.32. The zero-order valence-electron chi connectivity index (χ0n) is 6.52. The standard InChI is InChI=1S/C7H12N2O2/c1-2-3-7(8-5-10)4-6(11)9-7/h5H,2-4H2,1H3,(H,8,10)(H,9,11)/t7-/m0/s1. The van der Waals surface area contributed by atoms with E-state index in [1.54, 1.807) is 0 Å². The molecule has 1 heterocycles. The average molecular weight is 156 g/mol. The van der Waals surface area contributed by atoms with Crippen LogP contribution in [-0.2, 0) is 9.59 Å². The molecule has 0 spiro atoms. The lowest BCUT2D eigenvalue weighted by Crippen LogP contribution is -2.68. The van der Waals surface area contributed by atoms with Gasteiger partial charge in [0.25, 0.3) is 0 Å². The molecule has 4 heteroatoms. The van der Waals surface area contributed by atoms with E-state index in [0.717, 1.165) is 12.8 Å². The van der Waals surface area contributed by atoms with Crippen molar-refractivity contribution in [1.82, 2.24) is 10.6 Å². The number of hydrogen-bond donors (Lipinski definition) is 2. The molecule has 0 aliphatic carbocycles. The van der Waals surface area contributed by atoms with Gasteiger partial charge in [-0.25, -0.2) is 0 Å². The maximum Gasteiger partial charge on any atom is 0.226 e. The summed E-state index contributed by atoms with van der Waals surface area (Å²) in [5.41, 5.74) is -0.423. The summed E-state index contributed by atoms with van der Waals surface area (Å²) in [6.07, 6.45) is 2.80. The van der Waals surface area contributed by atoms with Crippen molar-refractivity contribution in [2.24, 2.45) is 0 Å². The fourth-order valence-electron chi connectivity index (χ4n) is 1.37. The third-order valence-corrected chi connectivity index (χ3v) is 1.85. The molecule has 1 aliphatic rings. The molecule has 0 aromatic carbocycles. The van der Waals surface area contributed by atoms with Gasteiger partial charge >= 0.3 is 0 Å². The van der Waals surface area contributed by atoms with Crippen molar-refractivity contribution in [3.63, 3.8) is 0 Å². The monoisotopic (exact) mass is 156 g/mol. The van der Waals surface area contributed by atoms with E-state index in [2.05, 4.69) is 10.6 Å². The van der Waals surface area contributed by atoms with E-state index in [4.69, 9.17) is 0 Å². The third kappa shape index (κ3) is 1.50. The Hall–Kier alpha value is -1.06. The molecule has 1 aliphatic heterocycles. The number of rotatable bonds is 4. The van der Waals surface area contributed by atoms with Gasteiger partial charge in [0.1, 0.15) is 5.66 Å². The molecule has 0 bridgehead atoms. The molecule has 1 fully saturated rings. The first-order valence-electron chi connectivity index (χ1n) is 3.75. The Kier molecular flexibility index (Phi) is 2.12. The molecule has 0 aromatic heterocycles. The Morgan fingerprint density at radius 3 is 2.82 bits per heavy atom. The number of carbonyl (C=O) groups is 2. The van der Waals surface area contributed by atoms with E-state index < -0.39 is 5.66 Å². The molecule has 0 aromatic rings. The largest absolute Gasteiger partial charge is 0.336 e. The lowest BCUT2D eigenvalue weighted by Gasteiger charge is -2.41. The summed E-state index contributed by atoms with van der Waals surface area (Å²) in [7, 11) is 0. The van der Waals surface area contributed by atoms with Crippen molar-refractivity contribution in [3.8, 4) is 0 Å². The Morgan fingerprint density at radius 2 is 2.45 bits per heavy atom. The molecule has 2 amide bonds.